The lowest BCUT2D eigenvalue weighted by atomic mass is 10.1. The molecule has 4 heterocycles. The van der Waals surface area contributed by atoms with E-state index in [1.165, 1.54) is 23.9 Å². The summed E-state index contributed by atoms with van der Waals surface area (Å²) in [4.78, 5) is 21.9. The zero-order valence-corrected chi connectivity index (χ0v) is 21.7. The van der Waals surface area contributed by atoms with Gasteiger partial charge in [-0.05, 0) is 31.2 Å². The maximum Gasteiger partial charge on any atom is 0.268 e. The van der Waals surface area contributed by atoms with Crippen LogP contribution in [0, 0.1) is 29.6 Å². The van der Waals surface area contributed by atoms with E-state index in [-0.39, 0.29) is 24.6 Å². The van der Waals surface area contributed by atoms with Crippen LogP contribution >= 0.6 is 11.6 Å². The zero-order chi connectivity index (χ0) is 27.5. The molecule has 0 aliphatic carbocycles. The standard InChI is InChI=1S/C28H20ClN7O3/c1-17-9-24(36-14-18(11-30)13-32-36)20-6-3-7-25(27(20)33-17)39-16-21-22(29)10-26(38-2)34-23(21)15-35-8-4-5-19(12-31)28(35)37/h3-10,13-14H,15-16H2,1-2H3. The van der Waals surface area contributed by atoms with Crippen molar-refractivity contribution in [1.29, 1.82) is 10.5 Å². The molecule has 11 heteroatoms. The number of halogens is 1. The first-order valence-electron chi connectivity index (χ1n) is 11.7. The quantitative estimate of drug-likeness (QED) is 0.300. The Labute approximate surface area is 227 Å². The lowest BCUT2D eigenvalue weighted by Gasteiger charge is -2.16. The Kier molecular flexibility index (Phi) is 6.96. The van der Waals surface area contributed by atoms with Crippen molar-refractivity contribution in [2.45, 2.75) is 20.1 Å². The third-order valence-corrected chi connectivity index (χ3v) is 6.38. The van der Waals surface area contributed by atoms with Gasteiger partial charge in [0.05, 0.1) is 41.8 Å². The van der Waals surface area contributed by atoms with E-state index in [0.717, 1.165) is 16.8 Å². The minimum Gasteiger partial charge on any atom is -0.486 e. The van der Waals surface area contributed by atoms with Crippen LogP contribution in [0.15, 0.2) is 65.8 Å². The molecule has 0 atom stereocenters. The van der Waals surface area contributed by atoms with Gasteiger partial charge in [0.2, 0.25) is 5.88 Å². The second-order valence-corrected chi connectivity index (χ2v) is 8.95. The normalized spacial score (nSPS) is 10.7. The monoisotopic (exact) mass is 537 g/mol. The molecule has 10 nitrogen and oxygen atoms in total. The summed E-state index contributed by atoms with van der Waals surface area (Å²) in [6, 6.07) is 16.1. The molecule has 0 saturated carbocycles. The summed E-state index contributed by atoms with van der Waals surface area (Å²) in [5.74, 6) is 0.790. The van der Waals surface area contributed by atoms with Crippen LogP contribution < -0.4 is 15.0 Å². The van der Waals surface area contributed by atoms with Crippen molar-refractivity contribution in [2.75, 3.05) is 7.11 Å². The number of hydrogen-bond donors (Lipinski definition) is 0. The molecule has 0 bridgehead atoms. The molecule has 0 unspecified atom stereocenters. The molecular formula is C28H20ClN7O3. The minimum atomic E-state index is -0.438. The molecule has 0 fully saturated rings. The highest BCUT2D eigenvalue weighted by Crippen LogP contribution is 2.31. The number of aromatic nitrogens is 5. The van der Waals surface area contributed by atoms with E-state index in [4.69, 9.17) is 26.1 Å². The number of rotatable bonds is 7. The van der Waals surface area contributed by atoms with Crippen molar-refractivity contribution in [3.63, 3.8) is 0 Å². The molecule has 0 spiro atoms. The summed E-state index contributed by atoms with van der Waals surface area (Å²) in [7, 11) is 1.47. The van der Waals surface area contributed by atoms with Gasteiger partial charge in [0.1, 0.15) is 35.6 Å². The first kappa shape index (κ1) is 25.5. The van der Waals surface area contributed by atoms with Gasteiger partial charge in [0.25, 0.3) is 5.56 Å². The van der Waals surface area contributed by atoms with E-state index >= 15 is 0 Å². The highest BCUT2D eigenvalue weighted by molar-refractivity contribution is 6.31. The number of fused-ring (bicyclic) bond motifs is 1. The van der Waals surface area contributed by atoms with Gasteiger partial charge in [-0.25, -0.2) is 14.6 Å². The number of methoxy groups -OCH3 is 1. The molecule has 0 N–H and O–H groups in total. The van der Waals surface area contributed by atoms with Crippen molar-refractivity contribution in [1.82, 2.24) is 24.3 Å². The molecule has 5 rings (SSSR count). The third-order valence-electron chi connectivity index (χ3n) is 6.04. The van der Waals surface area contributed by atoms with Crippen molar-refractivity contribution in [3.8, 4) is 29.5 Å². The molecule has 0 radical (unpaired) electrons. The Morgan fingerprint density at radius 2 is 1.95 bits per heavy atom. The van der Waals surface area contributed by atoms with E-state index in [2.05, 4.69) is 16.2 Å². The second kappa shape index (κ2) is 10.7. The molecule has 0 aliphatic rings. The lowest BCUT2D eigenvalue weighted by molar-refractivity contribution is 0.306. The van der Waals surface area contributed by atoms with Gasteiger partial charge in [-0.1, -0.05) is 23.7 Å². The lowest BCUT2D eigenvalue weighted by Crippen LogP contribution is -2.23. The van der Waals surface area contributed by atoms with Crippen molar-refractivity contribution in [2.24, 2.45) is 0 Å². The average molecular weight is 538 g/mol. The Morgan fingerprint density at radius 1 is 1.10 bits per heavy atom. The highest BCUT2D eigenvalue weighted by atomic mass is 35.5. The first-order chi connectivity index (χ1) is 18.9. The van der Waals surface area contributed by atoms with Gasteiger partial charge in [0.15, 0.2) is 0 Å². The van der Waals surface area contributed by atoms with E-state index in [9.17, 15) is 15.3 Å². The summed E-state index contributed by atoms with van der Waals surface area (Å²) in [6.45, 7) is 1.95. The summed E-state index contributed by atoms with van der Waals surface area (Å²) >= 11 is 6.62. The van der Waals surface area contributed by atoms with Crippen LogP contribution in [0.2, 0.25) is 5.02 Å². The summed E-state index contributed by atoms with van der Waals surface area (Å²) in [5, 5.41) is 23.9. The topological polar surface area (TPSA) is 132 Å². The zero-order valence-electron chi connectivity index (χ0n) is 20.9. The number of hydrogen-bond acceptors (Lipinski definition) is 8. The Hall–Kier alpha value is -5.19. The molecule has 192 valence electrons. The SMILES string of the molecule is COc1cc(Cl)c(COc2cccc3c(-n4cc(C#N)cn4)cc(C)nc23)c(Cn2cccc(C#N)c2=O)n1. The van der Waals surface area contributed by atoms with Gasteiger partial charge in [0, 0.05) is 35.1 Å². The number of benzene rings is 1. The van der Waals surface area contributed by atoms with Crippen LogP contribution in [-0.2, 0) is 13.2 Å². The molecule has 5 aromatic rings. The van der Waals surface area contributed by atoms with Crippen LogP contribution in [0.1, 0.15) is 28.1 Å². The summed E-state index contributed by atoms with van der Waals surface area (Å²) < 4.78 is 14.5. The Balaban J connectivity index is 1.53. The number of para-hydroxylation sites is 1. The Bertz CT molecular complexity index is 1860. The molecular weight excluding hydrogens is 518 g/mol. The predicted molar refractivity (Wildman–Crippen MR) is 143 cm³/mol. The van der Waals surface area contributed by atoms with Gasteiger partial charge < -0.3 is 14.0 Å². The van der Waals surface area contributed by atoms with Gasteiger partial charge in [-0.2, -0.15) is 15.6 Å². The fourth-order valence-electron chi connectivity index (χ4n) is 4.16. The van der Waals surface area contributed by atoms with E-state index in [1.807, 2.05) is 31.2 Å². The fourth-order valence-corrected chi connectivity index (χ4v) is 4.42. The maximum absolute atomic E-state index is 12.7. The van der Waals surface area contributed by atoms with Crippen LogP contribution in [0.3, 0.4) is 0 Å². The van der Waals surface area contributed by atoms with Crippen LogP contribution in [0.5, 0.6) is 11.6 Å². The van der Waals surface area contributed by atoms with E-state index in [0.29, 0.717) is 33.1 Å². The number of pyridine rings is 3. The average Bonchev–Trinajstić information content (AvgIpc) is 3.42. The first-order valence-corrected chi connectivity index (χ1v) is 12.1. The van der Waals surface area contributed by atoms with E-state index < -0.39 is 5.56 Å². The van der Waals surface area contributed by atoms with Gasteiger partial charge in [-0.15, -0.1) is 0 Å². The number of nitrogens with zero attached hydrogens (tertiary/aromatic N) is 7. The molecule has 0 amide bonds. The number of nitriles is 2. The largest absolute Gasteiger partial charge is 0.486 e. The molecule has 39 heavy (non-hydrogen) atoms. The minimum absolute atomic E-state index is 0.0244. The number of aryl methyl sites for hydroxylation is 1. The predicted octanol–water partition coefficient (Wildman–Crippen LogP) is 4.32. The number of ether oxygens (including phenoxy) is 2. The molecule has 0 aliphatic heterocycles. The summed E-state index contributed by atoms with van der Waals surface area (Å²) in [5.41, 5.74) is 3.15. The van der Waals surface area contributed by atoms with Gasteiger partial charge in [-0.3, -0.25) is 4.79 Å². The summed E-state index contributed by atoms with van der Waals surface area (Å²) in [6.07, 6.45) is 4.73. The van der Waals surface area contributed by atoms with Crippen molar-refractivity contribution >= 4 is 22.5 Å². The molecule has 1 aromatic carbocycles. The van der Waals surface area contributed by atoms with E-state index in [1.54, 1.807) is 35.3 Å². The second-order valence-electron chi connectivity index (χ2n) is 8.55. The van der Waals surface area contributed by atoms with Crippen LogP contribution in [0.4, 0.5) is 0 Å². The smallest absolute Gasteiger partial charge is 0.268 e. The molecule has 4 aromatic heterocycles. The third kappa shape index (κ3) is 5.01. The van der Waals surface area contributed by atoms with Crippen LogP contribution in [-0.4, -0.2) is 31.4 Å². The van der Waals surface area contributed by atoms with Gasteiger partial charge >= 0.3 is 0 Å². The highest BCUT2D eigenvalue weighted by Gasteiger charge is 2.17. The fraction of sp³-hybridized carbons (Fsp3) is 0.143. The Morgan fingerprint density at radius 3 is 2.69 bits per heavy atom. The van der Waals surface area contributed by atoms with Crippen LogP contribution in [0.25, 0.3) is 16.6 Å². The van der Waals surface area contributed by atoms with Crippen molar-refractivity contribution < 1.29 is 9.47 Å². The van der Waals surface area contributed by atoms with Crippen molar-refractivity contribution in [3.05, 3.63) is 105 Å². The maximum atomic E-state index is 12.7. The molecule has 0 saturated heterocycles.